The minimum absolute atomic E-state index is 0.0114. The summed E-state index contributed by atoms with van der Waals surface area (Å²) < 4.78 is 11.7. The highest BCUT2D eigenvalue weighted by molar-refractivity contribution is 7.99. The van der Waals surface area contributed by atoms with Crippen LogP contribution in [0.4, 0.5) is 5.69 Å². The summed E-state index contributed by atoms with van der Waals surface area (Å²) in [7, 11) is 0. The zero-order valence-corrected chi connectivity index (χ0v) is 16.2. The molecule has 0 spiro atoms. The third-order valence-electron chi connectivity index (χ3n) is 4.88. The van der Waals surface area contributed by atoms with Crippen LogP contribution in [0.2, 0.25) is 0 Å². The molecule has 15 heteroatoms. The molecule has 4 atom stereocenters. The van der Waals surface area contributed by atoms with E-state index in [0.717, 1.165) is 11.8 Å². The van der Waals surface area contributed by atoms with Gasteiger partial charge in [0.25, 0.3) is 0 Å². The summed E-state index contributed by atoms with van der Waals surface area (Å²) in [6.07, 6.45) is -1.84. The van der Waals surface area contributed by atoms with Crippen LogP contribution in [0.3, 0.4) is 0 Å². The van der Waals surface area contributed by atoms with E-state index in [0.29, 0.717) is 21.1 Å². The van der Waals surface area contributed by atoms with Gasteiger partial charge in [0.15, 0.2) is 17.4 Å². The van der Waals surface area contributed by atoms with Crippen molar-refractivity contribution in [2.24, 2.45) is 0 Å². The fraction of sp³-hybridized carbons (Fsp3) is 0.312. The molecule has 4 aromatic rings. The molecular weight excluding hydrogens is 434 g/mol. The second-order valence-corrected chi connectivity index (χ2v) is 7.67. The van der Waals surface area contributed by atoms with Crippen LogP contribution in [0.25, 0.3) is 22.2 Å². The van der Waals surface area contributed by atoms with Gasteiger partial charge >= 0.3 is 5.69 Å². The first-order chi connectivity index (χ1) is 15.0. The summed E-state index contributed by atoms with van der Waals surface area (Å²) in [6, 6.07) is 2.80. The molecule has 0 aliphatic carbocycles. The number of nitrogens with zero attached hydrogens (tertiary/aromatic N) is 7. The smallest absolute Gasteiger partial charge is 0.300 e. The molecule has 3 aromatic heterocycles. The number of non-ortho nitro benzene ring substituents is 1. The van der Waals surface area contributed by atoms with Crippen molar-refractivity contribution in [3.63, 3.8) is 0 Å². The fourth-order valence-electron chi connectivity index (χ4n) is 3.37. The maximum Gasteiger partial charge on any atom is 0.300 e. The number of ether oxygens (including phenoxy) is 1. The van der Waals surface area contributed by atoms with Gasteiger partial charge in [-0.15, -0.1) is 0 Å². The van der Waals surface area contributed by atoms with Crippen molar-refractivity contribution in [3.8, 4) is 0 Å². The van der Waals surface area contributed by atoms with E-state index >= 15 is 0 Å². The van der Waals surface area contributed by atoms with E-state index in [9.17, 15) is 25.4 Å². The Hall–Kier alpha value is -3.24. The Morgan fingerprint density at radius 2 is 1.94 bits per heavy atom. The van der Waals surface area contributed by atoms with Gasteiger partial charge in [-0.3, -0.25) is 14.7 Å². The summed E-state index contributed by atoms with van der Waals surface area (Å²) in [4.78, 5) is 23.8. The molecule has 1 aliphatic heterocycles. The number of benzene rings is 1. The zero-order valence-electron chi connectivity index (χ0n) is 15.3. The third-order valence-corrected chi connectivity index (χ3v) is 5.92. The molecule has 1 saturated heterocycles. The summed E-state index contributed by atoms with van der Waals surface area (Å²) in [5.41, 5.74) is 0.672. The number of hydrogen-bond acceptors (Lipinski definition) is 13. The molecule has 1 fully saturated rings. The van der Waals surface area contributed by atoms with Crippen molar-refractivity contribution in [3.05, 3.63) is 34.9 Å². The summed E-state index contributed by atoms with van der Waals surface area (Å²) in [6.45, 7) is -0.459. The average molecular weight is 447 g/mol. The monoisotopic (exact) mass is 447 g/mol. The van der Waals surface area contributed by atoms with Crippen LogP contribution in [0, 0.1) is 10.1 Å². The molecule has 14 nitrogen and oxygen atoms in total. The average Bonchev–Trinajstić information content (AvgIpc) is 3.47. The van der Waals surface area contributed by atoms with E-state index in [4.69, 9.17) is 4.74 Å². The SMILES string of the molecule is O=[N+]([O-])c1ccc(Sc2ncnc3c2ncn3C2O[C@H](CO)[C@@H](O)[C@H]2O)c2nonc12. The highest BCUT2D eigenvalue weighted by atomic mass is 32.2. The van der Waals surface area contributed by atoms with Crippen LogP contribution in [-0.4, -0.2) is 75.0 Å². The summed E-state index contributed by atoms with van der Waals surface area (Å²) in [5.74, 6) is 0. The molecule has 0 saturated carbocycles. The number of rotatable bonds is 5. The topological polar surface area (TPSA) is 196 Å². The van der Waals surface area contributed by atoms with Crippen molar-refractivity contribution in [2.75, 3.05) is 6.61 Å². The molecule has 0 bridgehead atoms. The lowest BCUT2D eigenvalue weighted by molar-refractivity contribution is -0.383. The van der Waals surface area contributed by atoms with E-state index in [2.05, 4.69) is 29.9 Å². The fourth-order valence-corrected chi connectivity index (χ4v) is 4.28. The third kappa shape index (κ3) is 3.10. The quantitative estimate of drug-likeness (QED) is 0.211. The molecule has 0 radical (unpaired) electrons. The first-order valence-corrected chi connectivity index (χ1v) is 9.68. The van der Waals surface area contributed by atoms with E-state index < -0.39 is 36.1 Å². The Bertz CT molecular complexity index is 1290. The lowest BCUT2D eigenvalue weighted by atomic mass is 10.1. The highest BCUT2D eigenvalue weighted by Crippen LogP contribution is 2.38. The van der Waals surface area contributed by atoms with Crippen LogP contribution in [0.1, 0.15) is 6.23 Å². The Kier molecular flexibility index (Phi) is 4.75. The lowest BCUT2D eigenvalue weighted by Gasteiger charge is -2.16. The molecule has 4 heterocycles. The van der Waals surface area contributed by atoms with E-state index in [-0.39, 0.29) is 16.7 Å². The summed E-state index contributed by atoms with van der Waals surface area (Å²) >= 11 is 1.13. The van der Waals surface area contributed by atoms with E-state index in [1.165, 1.54) is 29.4 Å². The molecule has 0 amide bonds. The number of fused-ring (bicyclic) bond motifs is 2. The molecule has 5 rings (SSSR count). The molecular formula is C16H13N7O7S. The summed E-state index contributed by atoms with van der Waals surface area (Å²) in [5, 5.41) is 48.6. The maximum atomic E-state index is 11.2. The minimum Gasteiger partial charge on any atom is -0.394 e. The second-order valence-electron chi connectivity index (χ2n) is 6.64. The maximum absolute atomic E-state index is 11.2. The van der Waals surface area contributed by atoms with Crippen LogP contribution in [-0.2, 0) is 4.74 Å². The predicted octanol–water partition coefficient (Wildman–Crippen LogP) is 0.0334. The van der Waals surface area contributed by atoms with Crippen molar-refractivity contribution in [1.82, 2.24) is 29.8 Å². The Morgan fingerprint density at radius 1 is 1.13 bits per heavy atom. The van der Waals surface area contributed by atoms with Gasteiger partial charge < -0.3 is 20.1 Å². The van der Waals surface area contributed by atoms with Crippen LogP contribution >= 0.6 is 11.8 Å². The molecule has 3 N–H and O–H groups in total. The number of nitro benzene ring substituents is 1. The van der Waals surface area contributed by atoms with Gasteiger partial charge in [-0.05, 0) is 16.4 Å². The number of imidazole rings is 1. The van der Waals surface area contributed by atoms with Gasteiger partial charge in [-0.2, -0.15) is 0 Å². The van der Waals surface area contributed by atoms with Gasteiger partial charge in [-0.25, -0.2) is 19.6 Å². The van der Waals surface area contributed by atoms with Crippen LogP contribution in [0.5, 0.6) is 0 Å². The standard InChI is InChI=1S/C16H13N7O7S/c24-3-7-12(25)13(26)16(29-7)22-5-19-11-14(22)17-4-18-15(11)31-8-2-1-6(23(27)28)9-10(8)21-30-20-9/h1-2,4-5,7,12-13,16,24-26H,3H2/t7-,12-,13-,16?/m1/s1. The van der Waals surface area contributed by atoms with Crippen LogP contribution in [0.15, 0.2) is 39.3 Å². The van der Waals surface area contributed by atoms with Gasteiger partial charge in [0.05, 0.1) is 17.9 Å². The number of hydrogen-bond donors (Lipinski definition) is 3. The van der Waals surface area contributed by atoms with Crippen molar-refractivity contribution in [2.45, 2.75) is 34.5 Å². The normalized spacial score (nSPS) is 23.7. The van der Waals surface area contributed by atoms with Crippen molar-refractivity contribution < 1.29 is 29.6 Å². The Morgan fingerprint density at radius 3 is 2.68 bits per heavy atom. The largest absolute Gasteiger partial charge is 0.394 e. The lowest BCUT2D eigenvalue weighted by Crippen LogP contribution is -2.33. The molecule has 1 aliphatic rings. The zero-order chi connectivity index (χ0) is 21.7. The van der Waals surface area contributed by atoms with Crippen LogP contribution < -0.4 is 0 Å². The number of nitro groups is 1. The predicted molar refractivity (Wildman–Crippen MR) is 101 cm³/mol. The minimum atomic E-state index is -1.30. The number of aliphatic hydroxyl groups excluding tert-OH is 3. The molecule has 1 aromatic carbocycles. The van der Waals surface area contributed by atoms with Crippen molar-refractivity contribution in [1.29, 1.82) is 0 Å². The van der Waals surface area contributed by atoms with Crippen molar-refractivity contribution >= 4 is 39.6 Å². The second kappa shape index (κ2) is 7.47. The van der Waals surface area contributed by atoms with Gasteiger partial charge in [0, 0.05) is 11.0 Å². The number of aromatic nitrogens is 6. The molecule has 1 unspecified atom stereocenters. The van der Waals surface area contributed by atoms with E-state index in [1.54, 1.807) is 0 Å². The van der Waals surface area contributed by atoms with Gasteiger partial charge in [-0.1, -0.05) is 11.8 Å². The number of aliphatic hydroxyl groups is 3. The Labute approximate surface area is 175 Å². The Balaban J connectivity index is 1.53. The van der Waals surface area contributed by atoms with E-state index in [1.807, 2.05) is 0 Å². The highest BCUT2D eigenvalue weighted by Gasteiger charge is 2.44. The van der Waals surface area contributed by atoms with Gasteiger partial charge in [0.2, 0.25) is 5.52 Å². The van der Waals surface area contributed by atoms with Gasteiger partial charge in [0.1, 0.15) is 35.2 Å². The molecule has 31 heavy (non-hydrogen) atoms. The first-order valence-electron chi connectivity index (χ1n) is 8.87. The molecule has 160 valence electrons. The first kappa shape index (κ1) is 19.7.